The van der Waals surface area contributed by atoms with Crippen LogP contribution < -0.4 is 4.74 Å². The first kappa shape index (κ1) is 40.7. The van der Waals surface area contributed by atoms with E-state index in [1.165, 1.54) is 12.1 Å². The predicted molar refractivity (Wildman–Crippen MR) is 167 cm³/mol. The Labute approximate surface area is 272 Å². The minimum atomic E-state index is -4.33. The molecule has 2 aromatic carbocycles. The molecule has 2 fully saturated rings. The Morgan fingerprint density at radius 2 is 1.17 bits per heavy atom. The first-order valence-corrected chi connectivity index (χ1v) is 16.9. The molecule has 3 N–H and O–H groups in total. The van der Waals surface area contributed by atoms with E-state index in [1.807, 2.05) is 9.62 Å². The second-order valence-corrected chi connectivity index (χ2v) is 13.3. The van der Waals surface area contributed by atoms with Gasteiger partial charge in [0, 0.05) is 5.92 Å². The number of benzene rings is 2. The molecule has 264 valence electrons. The first-order chi connectivity index (χ1) is 21.7. The average molecular weight is 698 g/mol. The van der Waals surface area contributed by atoms with Crippen LogP contribution in [-0.4, -0.2) is 92.9 Å². The van der Waals surface area contributed by atoms with Crippen LogP contribution in [0.5, 0.6) is 11.5 Å². The maximum Gasteiger partial charge on any atom is 0.416 e. The number of phenols is 1. The molecule has 4 rings (SSSR count). The van der Waals surface area contributed by atoms with E-state index in [1.54, 1.807) is 13.6 Å². The first-order valence-electron chi connectivity index (χ1n) is 15.1. The average Bonchev–Trinajstić information content (AvgIpc) is 2.99. The van der Waals surface area contributed by atoms with Gasteiger partial charge in [0.25, 0.3) is 10.1 Å². The molecule has 18 heteroatoms. The summed E-state index contributed by atoms with van der Waals surface area (Å²) in [7, 11) is -4.28. The summed E-state index contributed by atoms with van der Waals surface area (Å²) in [5, 5.41) is 27.6. The van der Waals surface area contributed by atoms with Gasteiger partial charge >= 0.3 is 26.5 Å². The van der Waals surface area contributed by atoms with E-state index >= 15 is 0 Å². The Morgan fingerprint density at radius 1 is 0.766 bits per heavy atom. The van der Waals surface area contributed by atoms with Gasteiger partial charge < -0.3 is 29.5 Å². The quantitative estimate of drug-likeness (QED) is 0.197. The van der Waals surface area contributed by atoms with Gasteiger partial charge in [-0.2, -0.15) is 34.8 Å². The molecule has 0 spiro atoms. The number of phenolic OH excluding ortho intramolecular Hbond substituents is 1. The van der Waals surface area contributed by atoms with Crippen molar-refractivity contribution in [3.63, 3.8) is 0 Å². The number of alkyl halides is 6. The zero-order valence-electron chi connectivity index (χ0n) is 26.5. The molecule has 0 amide bonds. The van der Waals surface area contributed by atoms with Gasteiger partial charge in [-0.1, -0.05) is 0 Å². The summed E-state index contributed by atoms with van der Waals surface area (Å²) in [6.45, 7) is 7.32. The molecule has 0 aromatic heterocycles. The predicted octanol–water partition coefficient (Wildman–Crippen LogP) is 5.10. The highest BCUT2D eigenvalue weighted by atomic mass is 32.2. The van der Waals surface area contributed by atoms with Crippen LogP contribution in [0.1, 0.15) is 36.8 Å². The van der Waals surface area contributed by atoms with Crippen molar-refractivity contribution in [2.45, 2.75) is 51.7 Å². The fourth-order valence-electron chi connectivity index (χ4n) is 4.97. The number of hydrogen-bond acceptors (Lipinski definition) is 9. The van der Waals surface area contributed by atoms with Crippen molar-refractivity contribution in [2.75, 3.05) is 45.6 Å². The Morgan fingerprint density at radius 3 is 1.55 bits per heavy atom. The van der Waals surface area contributed by atoms with Crippen molar-refractivity contribution in [3.8, 4) is 11.5 Å². The zero-order valence-corrected chi connectivity index (χ0v) is 27.4. The molecule has 0 radical (unpaired) electrons. The Bertz CT molecular complexity index is 1300. The van der Waals surface area contributed by atoms with Crippen molar-refractivity contribution >= 4 is 24.2 Å². The smallest absolute Gasteiger partial charge is 0.416 e. The third-order valence-corrected chi connectivity index (χ3v) is 8.10. The fourth-order valence-corrected chi connectivity index (χ4v) is 5.41. The van der Waals surface area contributed by atoms with E-state index in [0.717, 1.165) is 88.0 Å². The van der Waals surface area contributed by atoms with E-state index < -0.39 is 47.7 Å². The molecule has 2 heterocycles. The third kappa shape index (κ3) is 16.0. The third-order valence-electron chi connectivity index (χ3n) is 7.54. The summed E-state index contributed by atoms with van der Waals surface area (Å²) in [5.74, 6) is 0.758. The number of aromatic hydroxyl groups is 1. The molecule has 47 heavy (non-hydrogen) atoms. The highest BCUT2D eigenvalue weighted by Gasteiger charge is 2.31. The van der Waals surface area contributed by atoms with Crippen LogP contribution in [0.3, 0.4) is 0 Å². The van der Waals surface area contributed by atoms with E-state index in [9.17, 15) is 44.8 Å². The number of rotatable bonds is 8. The lowest BCUT2D eigenvalue weighted by Gasteiger charge is -2.33. The maximum absolute atomic E-state index is 12.4. The van der Waals surface area contributed by atoms with Gasteiger partial charge in [0.05, 0.1) is 30.6 Å². The van der Waals surface area contributed by atoms with Crippen LogP contribution in [-0.2, 0) is 26.7 Å². The number of halogens is 6. The Hall–Kier alpha value is -2.50. The van der Waals surface area contributed by atoms with E-state index in [-0.39, 0.29) is 24.2 Å². The molecule has 9 nitrogen and oxygen atoms in total. The van der Waals surface area contributed by atoms with Gasteiger partial charge in [-0.05, 0) is 120 Å². The van der Waals surface area contributed by atoms with Gasteiger partial charge in [-0.25, -0.2) is 0 Å². The molecule has 0 bridgehead atoms. The molecule has 2 atom stereocenters. The number of hydrogen-bond donors (Lipinski definition) is 3. The zero-order chi connectivity index (χ0) is 35.4. The second kappa shape index (κ2) is 18.3. The molecule has 0 saturated carbocycles. The summed E-state index contributed by atoms with van der Waals surface area (Å²) in [4.78, 5) is 3.91. The standard InChI is InChI=1S/C14H19BF3NO2.C8H18BNO4S.C7H5F3O/c1-15(20)19-8-2-3-11(9-19)10-21-13-6-4-12(5-7-13)14(16,17)18;1-9(11)10-5-3-4-8(6-10)7-14-15(2,12)13;8-7(9,10)5-1-3-6(11)4-2-5/h4-7,11,20H,2-3,8-10H2,1H3;8,11H,3-7H2,1-2H3;1-4,11H/t11-;8-;/m11./s1. The molecule has 0 aliphatic carbocycles. The van der Waals surface area contributed by atoms with E-state index in [0.29, 0.717) is 18.9 Å². The maximum atomic E-state index is 12.4. The summed E-state index contributed by atoms with van der Waals surface area (Å²) < 4.78 is 105. The number of nitrogens with zero attached hydrogens (tertiary/aromatic N) is 2. The van der Waals surface area contributed by atoms with Gasteiger partial charge in [-0.3, -0.25) is 4.18 Å². The molecular formula is C29H42B2F6N2O7S. The normalized spacial score (nSPS) is 19.5. The van der Waals surface area contributed by atoms with Gasteiger partial charge in [-0.15, -0.1) is 0 Å². The van der Waals surface area contributed by atoms with Crippen molar-refractivity contribution in [1.82, 2.24) is 9.62 Å². The van der Waals surface area contributed by atoms with E-state index in [2.05, 4.69) is 0 Å². The number of piperidine rings is 2. The number of ether oxygens (including phenoxy) is 1. The second-order valence-electron chi connectivity index (χ2n) is 11.6. The molecular weight excluding hydrogens is 656 g/mol. The van der Waals surface area contributed by atoms with Crippen LogP contribution in [0.2, 0.25) is 13.6 Å². The van der Waals surface area contributed by atoms with Gasteiger partial charge in [0.2, 0.25) is 0 Å². The largest absolute Gasteiger partial charge is 0.508 e. The van der Waals surface area contributed by atoms with E-state index in [4.69, 9.17) is 14.0 Å². The lowest BCUT2D eigenvalue weighted by atomic mass is 9.81. The highest BCUT2D eigenvalue weighted by molar-refractivity contribution is 7.85. The molecule has 2 aliphatic heterocycles. The summed E-state index contributed by atoms with van der Waals surface area (Å²) in [6.07, 6.45) is -3.66. The highest BCUT2D eigenvalue weighted by Crippen LogP contribution is 2.31. The lowest BCUT2D eigenvalue weighted by Crippen LogP contribution is -2.45. The van der Waals surface area contributed by atoms with Crippen LogP contribution in [0.15, 0.2) is 48.5 Å². The Balaban J connectivity index is 0.000000259. The molecule has 2 aliphatic rings. The van der Waals surface area contributed by atoms with Gasteiger partial charge in [0.1, 0.15) is 11.5 Å². The minimum absolute atomic E-state index is 0.169. The molecule has 0 unspecified atom stereocenters. The summed E-state index contributed by atoms with van der Waals surface area (Å²) >= 11 is 0. The topological polar surface area (TPSA) is 120 Å². The molecule has 2 saturated heterocycles. The monoisotopic (exact) mass is 698 g/mol. The van der Waals surface area contributed by atoms with Crippen LogP contribution in [0, 0.1) is 11.8 Å². The van der Waals surface area contributed by atoms with Crippen LogP contribution >= 0.6 is 0 Å². The van der Waals surface area contributed by atoms with Crippen molar-refractivity contribution in [2.24, 2.45) is 11.8 Å². The van der Waals surface area contributed by atoms with Gasteiger partial charge in [0.15, 0.2) is 0 Å². The van der Waals surface area contributed by atoms with Crippen molar-refractivity contribution < 1.29 is 58.8 Å². The minimum Gasteiger partial charge on any atom is -0.508 e. The molecule has 2 aromatic rings. The van der Waals surface area contributed by atoms with Crippen molar-refractivity contribution in [1.29, 1.82) is 0 Å². The van der Waals surface area contributed by atoms with Crippen LogP contribution in [0.25, 0.3) is 0 Å². The summed E-state index contributed by atoms with van der Waals surface area (Å²) in [6, 6.07) is 8.41. The fraction of sp³-hybridized carbons (Fsp3) is 0.586. The SMILES string of the molecule is CB(O)N1CCC[C@@H](COS(C)(=O)=O)C1.CB(O)N1CCC[C@@H](COc2ccc(C(F)(F)F)cc2)C1.Oc1ccc(C(F)(F)F)cc1. The lowest BCUT2D eigenvalue weighted by molar-refractivity contribution is -0.138. The van der Waals surface area contributed by atoms with Crippen LogP contribution in [0.4, 0.5) is 26.3 Å². The van der Waals surface area contributed by atoms with Crippen molar-refractivity contribution in [3.05, 3.63) is 59.7 Å². The Kier molecular flexibility index (Phi) is 15.8. The summed E-state index contributed by atoms with van der Waals surface area (Å²) in [5.41, 5.74) is -1.43.